The number of nitrogens with one attached hydrogen (secondary N) is 1. The lowest BCUT2D eigenvalue weighted by Crippen LogP contribution is -2.29. The summed E-state index contributed by atoms with van der Waals surface area (Å²) in [5.74, 6) is 0.679. The van der Waals surface area contributed by atoms with Crippen LogP contribution in [0.4, 0.5) is 0 Å². The van der Waals surface area contributed by atoms with Crippen LogP contribution < -0.4 is 10.1 Å². The third-order valence-corrected chi connectivity index (χ3v) is 5.27. The zero-order chi connectivity index (χ0) is 15.9. The molecule has 1 aromatic carbocycles. The number of ether oxygens (including phenoxy) is 1. The molecule has 1 rings (SSSR count). The Bertz CT molecular complexity index is 544. The number of nitrogens with zero attached hydrogens (tertiary/aromatic N) is 1. The molecule has 0 aliphatic carbocycles. The molecule has 0 aliphatic rings. The van der Waals surface area contributed by atoms with Gasteiger partial charge in [0.25, 0.3) is 0 Å². The van der Waals surface area contributed by atoms with Crippen LogP contribution in [0.2, 0.25) is 0 Å². The van der Waals surface area contributed by atoms with Crippen molar-refractivity contribution >= 4 is 10.0 Å². The van der Waals surface area contributed by atoms with E-state index in [1.54, 1.807) is 26.3 Å². The van der Waals surface area contributed by atoms with E-state index in [1.807, 2.05) is 19.9 Å². The Hall–Kier alpha value is -1.11. The van der Waals surface area contributed by atoms with Gasteiger partial charge in [0.1, 0.15) is 5.75 Å². The van der Waals surface area contributed by atoms with Gasteiger partial charge in [0.05, 0.1) is 12.0 Å². The summed E-state index contributed by atoms with van der Waals surface area (Å²) in [6.07, 6.45) is 1.44. The largest absolute Gasteiger partial charge is 0.497 e. The van der Waals surface area contributed by atoms with E-state index in [0.29, 0.717) is 23.6 Å². The molecule has 120 valence electrons. The molecule has 0 saturated heterocycles. The lowest BCUT2D eigenvalue weighted by molar-refractivity contribution is 0.413. The van der Waals surface area contributed by atoms with Gasteiger partial charge in [-0.15, -0.1) is 0 Å². The van der Waals surface area contributed by atoms with Crippen LogP contribution >= 0.6 is 0 Å². The number of methoxy groups -OCH3 is 1. The van der Waals surface area contributed by atoms with E-state index in [-0.39, 0.29) is 0 Å². The maximum absolute atomic E-state index is 12.6. The Labute approximate surface area is 128 Å². The highest BCUT2D eigenvalue weighted by atomic mass is 32.2. The summed E-state index contributed by atoms with van der Waals surface area (Å²) in [5, 5.41) is 3.22. The molecule has 1 aromatic rings. The van der Waals surface area contributed by atoms with Crippen LogP contribution in [0, 0.1) is 0 Å². The number of rotatable bonds is 9. The zero-order valence-corrected chi connectivity index (χ0v) is 14.2. The van der Waals surface area contributed by atoms with Crippen LogP contribution in [0.1, 0.15) is 25.8 Å². The minimum absolute atomic E-state index is 0.372. The molecule has 0 fully saturated rings. The molecule has 0 spiro atoms. The monoisotopic (exact) mass is 314 g/mol. The highest BCUT2D eigenvalue weighted by Crippen LogP contribution is 2.24. The highest BCUT2D eigenvalue weighted by Gasteiger charge is 2.23. The van der Waals surface area contributed by atoms with Crippen LogP contribution in [-0.4, -0.2) is 46.5 Å². The summed E-state index contributed by atoms with van der Waals surface area (Å²) in [6.45, 7) is 6.11. The third kappa shape index (κ3) is 4.69. The summed E-state index contributed by atoms with van der Waals surface area (Å²) < 4.78 is 31.9. The first-order valence-electron chi connectivity index (χ1n) is 7.31. The van der Waals surface area contributed by atoms with Gasteiger partial charge < -0.3 is 10.1 Å². The topological polar surface area (TPSA) is 58.6 Å². The molecule has 0 aromatic heterocycles. The van der Waals surface area contributed by atoms with Crippen molar-refractivity contribution in [3.63, 3.8) is 0 Å². The number of hydrogen-bond acceptors (Lipinski definition) is 4. The Kier molecular flexibility index (Phi) is 7.14. The van der Waals surface area contributed by atoms with E-state index >= 15 is 0 Å². The van der Waals surface area contributed by atoms with Crippen LogP contribution in [0.15, 0.2) is 23.1 Å². The van der Waals surface area contributed by atoms with Crippen LogP contribution in [0.25, 0.3) is 0 Å². The number of sulfonamides is 1. The van der Waals surface area contributed by atoms with E-state index in [2.05, 4.69) is 5.32 Å². The Morgan fingerprint density at radius 3 is 2.57 bits per heavy atom. The van der Waals surface area contributed by atoms with Crippen molar-refractivity contribution < 1.29 is 13.2 Å². The summed E-state index contributed by atoms with van der Waals surface area (Å²) in [6, 6.07) is 5.15. The minimum atomic E-state index is -3.44. The molecule has 0 amide bonds. The van der Waals surface area contributed by atoms with Crippen molar-refractivity contribution in [3.05, 3.63) is 23.8 Å². The molecule has 0 aliphatic heterocycles. The van der Waals surface area contributed by atoms with Crippen molar-refractivity contribution in [1.29, 1.82) is 0 Å². The Balaban J connectivity index is 3.14. The molecule has 0 radical (unpaired) electrons. The van der Waals surface area contributed by atoms with Crippen molar-refractivity contribution in [2.75, 3.05) is 33.8 Å². The van der Waals surface area contributed by atoms with E-state index in [4.69, 9.17) is 4.74 Å². The normalized spacial score (nSPS) is 11.9. The molecule has 0 atom stereocenters. The Morgan fingerprint density at radius 2 is 2.00 bits per heavy atom. The average Bonchev–Trinajstić information content (AvgIpc) is 2.47. The van der Waals surface area contributed by atoms with Crippen molar-refractivity contribution in [2.45, 2.75) is 31.6 Å². The number of benzene rings is 1. The van der Waals surface area contributed by atoms with Crippen molar-refractivity contribution in [1.82, 2.24) is 9.62 Å². The maximum atomic E-state index is 12.6. The van der Waals surface area contributed by atoms with E-state index in [0.717, 1.165) is 25.1 Å². The highest BCUT2D eigenvalue weighted by molar-refractivity contribution is 7.89. The molecule has 6 heteroatoms. The zero-order valence-electron chi connectivity index (χ0n) is 13.3. The second kappa shape index (κ2) is 8.36. The SMILES string of the molecule is CCCN(C)S(=O)(=O)c1ccc(OC)cc1CCNCC. The maximum Gasteiger partial charge on any atom is 0.243 e. The van der Waals surface area contributed by atoms with Gasteiger partial charge in [0.2, 0.25) is 10.0 Å². The van der Waals surface area contributed by atoms with Gasteiger partial charge in [0, 0.05) is 13.6 Å². The molecular formula is C15H26N2O3S. The fourth-order valence-electron chi connectivity index (χ4n) is 2.13. The predicted molar refractivity (Wildman–Crippen MR) is 85.3 cm³/mol. The molecule has 0 bridgehead atoms. The van der Waals surface area contributed by atoms with Gasteiger partial charge in [-0.25, -0.2) is 12.7 Å². The standard InChI is InChI=1S/C15H26N2O3S/c1-5-11-17(3)21(18,19)15-8-7-14(20-4)12-13(15)9-10-16-6-2/h7-8,12,16H,5-6,9-11H2,1-4H3. The molecular weight excluding hydrogens is 288 g/mol. The summed E-state index contributed by atoms with van der Waals surface area (Å²) >= 11 is 0. The summed E-state index contributed by atoms with van der Waals surface area (Å²) in [7, 11) is -0.238. The van der Waals surface area contributed by atoms with Gasteiger partial charge in [-0.3, -0.25) is 0 Å². The van der Waals surface area contributed by atoms with Gasteiger partial charge in [-0.05, 0) is 49.7 Å². The van der Waals surface area contributed by atoms with Crippen molar-refractivity contribution in [2.24, 2.45) is 0 Å². The second-order valence-electron chi connectivity index (χ2n) is 4.90. The minimum Gasteiger partial charge on any atom is -0.497 e. The molecule has 5 nitrogen and oxygen atoms in total. The van der Waals surface area contributed by atoms with E-state index < -0.39 is 10.0 Å². The van der Waals surface area contributed by atoms with Gasteiger partial charge in [0.15, 0.2) is 0 Å². The third-order valence-electron chi connectivity index (χ3n) is 3.32. The van der Waals surface area contributed by atoms with Crippen LogP contribution in [0.5, 0.6) is 5.75 Å². The fourth-order valence-corrected chi connectivity index (χ4v) is 3.62. The molecule has 0 saturated carbocycles. The van der Waals surface area contributed by atoms with E-state index in [1.165, 1.54) is 4.31 Å². The number of hydrogen-bond donors (Lipinski definition) is 1. The predicted octanol–water partition coefficient (Wildman–Crippen LogP) is 1.88. The van der Waals surface area contributed by atoms with Crippen LogP contribution in [-0.2, 0) is 16.4 Å². The van der Waals surface area contributed by atoms with E-state index in [9.17, 15) is 8.42 Å². The van der Waals surface area contributed by atoms with Crippen molar-refractivity contribution in [3.8, 4) is 5.75 Å². The first kappa shape index (κ1) is 17.9. The number of likely N-dealkylation sites (N-methyl/N-ethyl adjacent to an activating group) is 1. The first-order chi connectivity index (χ1) is 9.97. The lowest BCUT2D eigenvalue weighted by atomic mass is 10.1. The second-order valence-corrected chi connectivity index (χ2v) is 6.92. The average molecular weight is 314 g/mol. The molecule has 1 N–H and O–H groups in total. The lowest BCUT2D eigenvalue weighted by Gasteiger charge is -2.19. The smallest absolute Gasteiger partial charge is 0.243 e. The van der Waals surface area contributed by atoms with Gasteiger partial charge >= 0.3 is 0 Å². The quantitative estimate of drug-likeness (QED) is 0.707. The van der Waals surface area contributed by atoms with Crippen LogP contribution in [0.3, 0.4) is 0 Å². The summed E-state index contributed by atoms with van der Waals surface area (Å²) in [4.78, 5) is 0.372. The molecule has 21 heavy (non-hydrogen) atoms. The molecule has 0 heterocycles. The fraction of sp³-hybridized carbons (Fsp3) is 0.600. The van der Waals surface area contributed by atoms with Gasteiger partial charge in [-0.2, -0.15) is 0 Å². The van der Waals surface area contributed by atoms with Gasteiger partial charge in [-0.1, -0.05) is 13.8 Å². The summed E-state index contributed by atoms with van der Waals surface area (Å²) in [5.41, 5.74) is 0.790. The Morgan fingerprint density at radius 1 is 1.29 bits per heavy atom. The first-order valence-corrected chi connectivity index (χ1v) is 8.75. The molecule has 0 unspecified atom stereocenters.